The van der Waals surface area contributed by atoms with Gasteiger partial charge in [-0.15, -0.1) is 0 Å². The Kier molecular flexibility index (Phi) is 8.40. The Hall–Kier alpha value is -4.63. The molecular weight excluding hydrogens is 512 g/mol. The molecule has 0 aliphatic heterocycles. The zero-order valence-corrected chi connectivity index (χ0v) is 21.1. The first-order chi connectivity index (χ1) is 18.4. The van der Waals surface area contributed by atoms with Gasteiger partial charge in [0.05, 0.1) is 19.0 Å². The van der Waals surface area contributed by atoms with Crippen LogP contribution in [0.5, 0.6) is 5.75 Å². The third-order valence-electron chi connectivity index (χ3n) is 5.20. The molecule has 4 aromatic rings. The monoisotopic (exact) mass is 533 g/mol. The van der Waals surface area contributed by atoms with Gasteiger partial charge in [0.25, 0.3) is 12.0 Å². The minimum atomic E-state index is -2.68. The van der Waals surface area contributed by atoms with Crippen molar-refractivity contribution in [1.29, 1.82) is 5.26 Å². The standard InChI is InChI=1S/C26H21F2N7O2S/c1-15-10-20(23(27)28)32-26(31-15)38-14-18-11-16(8-9-21(18)37-2)13-30-35-25-33-22(17-6-4-3-5-7-17)19(12-29)24(36)34-25/h3-11,13,23H,14H2,1-2H3,(H2,33,34,35,36). The van der Waals surface area contributed by atoms with E-state index in [1.807, 2.05) is 18.2 Å². The number of aromatic amines is 1. The van der Waals surface area contributed by atoms with Crippen LogP contribution in [0.25, 0.3) is 11.3 Å². The summed E-state index contributed by atoms with van der Waals surface area (Å²) >= 11 is 1.21. The van der Waals surface area contributed by atoms with Crippen molar-refractivity contribution in [3.8, 4) is 23.1 Å². The molecular formula is C26H21F2N7O2S. The second-order valence-electron chi connectivity index (χ2n) is 7.86. The number of hydrogen-bond donors (Lipinski definition) is 2. The highest BCUT2D eigenvalue weighted by Crippen LogP contribution is 2.28. The number of aryl methyl sites for hydroxylation is 1. The summed E-state index contributed by atoms with van der Waals surface area (Å²) in [7, 11) is 1.54. The Bertz CT molecular complexity index is 1570. The maximum Gasteiger partial charge on any atom is 0.280 e. The zero-order valence-electron chi connectivity index (χ0n) is 20.3. The molecule has 0 saturated heterocycles. The molecule has 12 heteroatoms. The molecule has 2 heterocycles. The summed E-state index contributed by atoms with van der Waals surface area (Å²) in [6, 6.07) is 17.4. The van der Waals surface area contributed by atoms with Crippen LogP contribution in [0.3, 0.4) is 0 Å². The van der Waals surface area contributed by atoms with E-state index in [1.54, 1.807) is 43.3 Å². The maximum atomic E-state index is 13.1. The predicted molar refractivity (Wildman–Crippen MR) is 141 cm³/mol. The van der Waals surface area contributed by atoms with E-state index in [0.29, 0.717) is 28.3 Å². The van der Waals surface area contributed by atoms with Crippen LogP contribution in [-0.4, -0.2) is 33.3 Å². The number of benzene rings is 2. The zero-order chi connectivity index (χ0) is 27.1. The van der Waals surface area contributed by atoms with Crippen LogP contribution in [0.4, 0.5) is 14.7 Å². The molecule has 192 valence electrons. The number of hydrazone groups is 1. The van der Waals surface area contributed by atoms with Crippen molar-refractivity contribution in [2.45, 2.75) is 24.3 Å². The second-order valence-corrected chi connectivity index (χ2v) is 8.81. The van der Waals surface area contributed by atoms with Gasteiger partial charge in [-0.1, -0.05) is 42.1 Å². The average molecular weight is 534 g/mol. The van der Waals surface area contributed by atoms with Gasteiger partial charge in [-0.2, -0.15) is 10.4 Å². The van der Waals surface area contributed by atoms with Crippen LogP contribution in [0.15, 0.2) is 69.6 Å². The number of nitriles is 1. The van der Waals surface area contributed by atoms with Gasteiger partial charge in [0.2, 0.25) is 5.95 Å². The van der Waals surface area contributed by atoms with Crippen molar-refractivity contribution in [2.75, 3.05) is 12.5 Å². The summed E-state index contributed by atoms with van der Waals surface area (Å²) in [5.41, 5.74) is 4.50. The van der Waals surface area contributed by atoms with Crippen LogP contribution in [0.1, 0.15) is 34.5 Å². The number of thioether (sulfide) groups is 1. The molecule has 0 aliphatic carbocycles. The highest BCUT2D eigenvalue weighted by atomic mass is 32.2. The molecule has 0 radical (unpaired) electrons. The van der Waals surface area contributed by atoms with Gasteiger partial charge in [-0.3, -0.25) is 9.78 Å². The maximum absolute atomic E-state index is 13.1. The van der Waals surface area contributed by atoms with Crippen molar-refractivity contribution >= 4 is 23.9 Å². The van der Waals surface area contributed by atoms with Gasteiger partial charge in [0.1, 0.15) is 23.1 Å². The topological polar surface area (TPSA) is 129 Å². The fourth-order valence-electron chi connectivity index (χ4n) is 3.48. The van der Waals surface area contributed by atoms with E-state index < -0.39 is 12.0 Å². The fourth-order valence-corrected chi connectivity index (χ4v) is 4.37. The molecule has 0 amide bonds. The van der Waals surface area contributed by atoms with Crippen LogP contribution in [-0.2, 0) is 5.75 Å². The van der Waals surface area contributed by atoms with E-state index in [2.05, 4.69) is 30.5 Å². The summed E-state index contributed by atoms with van der Waals surface area (Å²) in [5, 5.41) is 13.8. The highest BCUT2D eigenvalue weighted by Gasteiger charge is 2.14. The second kappa shape index (κ2) is 12.1. The number of nitrogens with one attached hydrogen (secondary N) is 2. The molecule has 0 fully saturated rings. The van der Waals surface area contributed by atoms with E-state index in [4.69, 9.17) is 4.74 Å². The van der Waals surface area contributed by atoms with Crippen molar-refractivity contribution in [3.63, 3.8) is 0 Å². The lowest BCUT2D eigenvalue weighted by Crippen LogP contribution is -2.16. The first-order valence-corrected chi connectivity index (χ1v) is 12.2. The molecule has 0 saturated carbocycles. The first-order valence-electron chi connectivity index (χ1n) is 11.2. The van der Waals surface area contributed by atoms with Gasteiger partial charge < -0.3 is 4.74 Å². The molecule has 0 atom stereocenters. The Morgan fingerprint density at radius 1 is 1.18 bits per heavy atom. The third-order valence-corrected chi connectivity index (χ3v) is 6.10. The smallest absolute Gasteiger partial charge is 0.280 e. The van der Waals surface area contributed by atoms with Crippen LogP contribution >= 0.6 is 11.8 Å². The quantitative estimate of drug-likeness (QED) is 0.132. The van der Waals surface area contributed by atoms with Gasteiger partial charge in [-0.05, 0) is 36.8 Å². The van der Waals surface area contributed by atoms with Crippen molar-refractivity contribution in [3.05, 3.63) is 93.0 Å². The fraction of sp³-hybridized carbons (Fsp3) is 0.154. The number of hydrogen-bond acceptors (Lipinski definition) is 9. The third kappa shape index (κ3) is 6.37. The Balaban J connectivity index is 1.52. The normalized spacial score (nSPS) is 11.1. The lowest BCUT2D eigenvalue weighted by Gasteiger charge is -2.10. The number of alkyl halides is 2. The molecule has 38 heavy (non-hydrogen) atoms. The Labute approximate surface area is 220 Å². The number of anilines is 1. The molecule has 0 spiro atoms. The van der Waals surface area contributed by atoms with Crippen molar-refractivity contribution in [2.24, 2.45) is 5.10 Å². The molecule has 2 N–H and O–H groups in total. The minimum absolute atomic E-state index is 0.0693. The van der Waals surface area contributed by atoms with Gasteiger partial charge in [-0.25, -0.2) is 29.2 Å². The molecule has 0 unspecified atom stereocenters. The van der Waals surface area contributed by atoms with Gasteiger partial charge >= 0.3 is 0 Å². The lowest BCUT2D eigenvalue weighted by molar-refractivity contribution is 0.145. The summed E-state index contributed by atoms with van der Waals surface area (Å²) in [4.78, 5) is 27.4. The Morgan fingerprint density at radius 3 is 2.68 bits per heavy atom. The largest absolute Gasteiger partial charge is 0.496 e. The highest BCUT2D eigenvalue weighted by molar-refractivity contribution is 7.98. The van der Waals surface area contributed by atoms with E-state index in [0.717, 1.165) is 5.56 Å². The van der Waals surface area contributed by atoms with Crippen molar-refractivity contribution < 1.29 is 13.5 Å². The predicted octanol–water partition coefficient (Wildman–Crippen LogP) is 5.09. The summed E-state index contributed by atoms with van der Waals surface area (Å²) < 4.78 is 31.6. The van der Waals surface area contributed by atoms with Crippen LogP contribution in [0, 0.1) is 18.3 Å². The average Bonchev–Trinajstić information content (AvgIpc) is 2.92. The first kappa shape index (κ1) is 26.4. The minimum Gasteiger partial charge on any atom is -0.496 e. The van der Waals surface area contributed by atoms with E-state index in [-0.39, 0.29) is 28.1 Å². The molecule has 2 aromatic carbocycles. The van der Waals surface area contributed by atoms with Crippen LogP contribution < -0.4 is 15.7 Å². The molecule has 4 rings (SSSR count). The van der Waals surface area contributed by atoms with E-state index in [1.165, 1.54) is 31.2 Å². The number of aromatic nitrogens is 4. The van der Waals surface area contributed by atoms with E-state index >= 15 is 0 Å². The van der Waals surface area contributed by atoms with Crippen LogP contribution in [0.2, 0.25) is 0 Å². The summed E-state index contributed by atoms with van der Waals surface area (Å²) in [5.74, 6) is 1.05. The lowest BCUT2D eigenvalue weighted by atomic mass is 10.1. The number of nitrogens with zero attached hydrogens (tertiary/aromatic N) is 5. The molecule has 0 aliphatic rings. The molecule has 0 bridgehead atoms. The molecule has 9 nitrogen and oxygen atoms in total. The summed E-state index contributed by atoms with van der Waals surface area (Å²) in [6.45, 7) is 1.64. The number of ether oxygens (including phenoxy) is 1. The number of H-pyrrole nitrogens is 1. The Morgan fingerprint density at radius 2 is 1.97 bits per heavy atom. The van der Waals surface area contributed by atoms with E-state index in [9.17, 15) is 18.8 Å². The number of rotatable bonds is 9. The van der Waals surface area contributed by atoms with Gasteiger partial charge in [0, 0.05) is 22.6 Å². The summed E-state index contributed by atoms with van der Waals surface area (Å²) in [6.07, 6.45) is -1.16. The number of methoxy groups -OCH3 is 1. The SMILES string of the molecule is COc1ccc(C=NNc2nc(-c3ccccc3)c(C#N)c(=O)[nH]2)cc1CSc1nc(C)cc(C(F)F)n1. The molecule has 2 aromatic heterocycles. The van der Waals surface area contributed by atoms with Gasteiger partial charge in [0.15, 0.2) is 5.16 Å². The van der Waals surface area contributed by atoms with Crippen molar-refractivity contribution in [1.82, 2.24) is 19.9 Å². The number of halogens is 2.